The third kappa shape index (κ3) is 2.71. The summed E-state index contributed by atoms with van der Waals surface area (Å²) < 4.78 is 1.63. The molecule has 19 heavy (non-hydrogen) atoms. The Kier molecular flexibility index (Phi) is 3.91. The van der Waals surface area contributed by atoms with E-state index in [0.29, 0.717) is 12.5 Å². The Morgan fingerprint density at radius 1 is 1.42 bits per heavy atom. The van der Waals surface area contributed by atoms with Gasteiger partial charge in [0.05, 0.1) is 6.04 Å². The maximum Gasteiger partial charge on any atom is 0.223 e. The summed E-state index contributed by atoms with van der Waals surface area (Å²) in [5.41, 5.74) is 6.34. The first-order chi connectivity index (χ1) is 9.08. The average Bonchev–Trinajstić information content (AvgIpc) is 3.13. The van der Waals surface area contributed by atoms with Crippen molar-refractivity contribution in [3.8, 4) is 0 Å². The zero-order chi connectivity index (χ0) is 13.6. The smallest absolute Gasteiger partial charge is 0.223 e. The molecule has 1 saturated heterocycles. The first-order valence-electron chi connectivity index (χ1n) is 6.59. The summed E-state index contributed by atoms with van der Waals surface area (Å²) >= 11 is 11.1. The summed E-state index contributed by atoms with van der Waals surface area (Å²) in [5, 5.41) is 0. The molecule has 0 bridgehead atoms. The number of nitrogens with two attached hydrogens (primary N) is 1. The lowest BCUT2D eigenvalue weighted by Crippen LogP contribution is -2.43. The average molecular weight is 364 g/mol. The first kappa shape index (κ1) is 13.9. The summed E-state index contributed by atoms with van der Waals surface area (Å²) in [6.07, 6.45) is 4.62. The molecule has 3 rings (SSSR count). The molecule has 6 heteroatoms. The van der Waals surface area contributed by atoms with Gasteiger partial charge in [-0.2, -0.15) is 0 Å². The fourth-order valence-corrected chi connectivity index (χ4v) is 4.69. The van der Waals surface area contributed by atoms with Crippen LogP contribution < -0.4 is 5.73 Å². The summed E-state index contributed by atoms with van der Waals surface area (Å²) in [6.45, 7) is 0. The largest absolute Gasteiger partial charge is 0.330 e. The van der Waals surface area contributed by atoms with Crippen LogP contribution in [0.1, 0.15) is 43.0 Å². The van der Waals surface area contributed by atoms with Crippen molar-refractivity contribution in [2.24, 2.45) is 5.73 Å². The van der Waals surface area contributed by atoms with Crippen molar-refractivity contribution in [1.29, 1.82) is 0 Å². The van der Waals surface area contributed by atoms with Gasteiger partial charge in [-0.05, 0) is 47.7 Å². The van der Waals surface area contributed by atoms with E-state index in [1.807, 2.05) is 11.0 Å². The Morgan fingerprint density at radius 3 is 2.74 bits per heavy atom. The van der Waals surface area contributed by atoms with Gasteiger partial charge in [0, 0.05) is 27.9 Å². The molecule has 3 nitrogen and oxygen atoms in total. The molecule has 2 N–H and O–H groups in total. The minimum Gasteiger partial charge on any atom is -0.330 e. The molecule has 1 aliphatic heterocycles. The summed E-state index contributed by atoms with van der Waals surface area (Å²) in [5.74, 6) is 0.251. The van der Waals surface area contributed by atoms with Crippen LogP contribution in [-0.4, -0.2) is 22.9 Å². The number of rotatable bonds is 2. The van der Waals surface area contributed by atoms with E-state index in [-0.39, 0.29) is 18.0 Å². The van der Waals surface area contributed by atoms with Crippen molar-refractivity contribution in [3.05, 3.63) is 19.8 Å². The number of likely N-dealkylation sites (tertiary alicyclic amines) is 1. The molecule has 1 aromatic rings. The van der Waals surface area contributed by atoms with Gasteiger partial charge in [-0.3, -0.25) is 4.79 Å². The number of carbonyl (C=O) groups is 1. The normalized spacial score (nSPS) is 28.6. The molecule has 2 aliphatic rings. The van der Waals surface area contributed by atoms with Gasteiger partial charge >= 0.3 is 0 Å². The lowest BCUT2D eigenvalue weighted by molar-refractivity contribution is -0.133. The molecular weight excluding hydrogens is 348 g/mol. The topological polar surface area (TPSA) is 46.3 Å². The molecule has 1 saturated carbocycles. The minimum atomic E-state index is -0.00343. The number of hydrogen-bond acceptors (Lipinski definition) is 3. The molecule has 2 fully saturated rings. The van der Waals surface area contributed by atoms with E-state index in [1.165, 1.54) is 11.3 Å². The van der Waals surface area contributed by atoms with Crippen LogP contribution in [0.3, 0.4) is 0 Å². The van der Waals surface area contributed by atoms with Gasteiger partial charge in [0.2, 0.25) is 5.91 Å². The van der Waals surface area contributed by atoms with E-state index in [0.717, 1.165) is 39.4 Å². The molecule has 0 aromatic carbocycles. The van der Waals surface area contributed by atoms with Gasteiger partial charge in [-0.25, -0.2) is 0 Å². The number of thiophene rings is 1. The van der Waals surface area contributed by atoms with E-state index < -0.39 is 0 Å². The maximum atomic E-state index is 12.3. The second-order valence-electron chi connectivity index (χ2n) is 5.30. The molecule has 2 heterocycles. The Bertz CT molecular complexity index is 483. The molecule has 1 aromatic heterocycles. The molecular formula is C13H16BrClN2OS. The molecule has 2 atom stereocenters. The van der Waals surface area contributed by atoms with Gasteiger partial charge < -0.3 is 10.6 Å². The molecule has 104 valence electrons. The van der Waals surface area contributed by atoms with Gasteiger partial charge in [0.25, 0.3) is 0 Å². The number of amides is 1. The fourth-order valence-electron chi connectivity index (χ4n) is 2.78. The molecule has 0 spiro atoms. The number of halogens is 2. The highest BCUT2D eigenvalue weighted by Crippen LogP contribution is 2.44. The van der Waals surface area contributed by atoms with E-state index in [2.05, 4.69) is 15.9 Å². The minimum absolute atomic E-state index is 0.00343. The summed E-state index contributed by atoms with van der Waals surface area (Å²) in [7, 11) is 0. The van der Waals surface area contributed by atoms with Gasteiger partial charge in [0.1, 0.15) is 4.34 Å². The van der Waals surface area contributed by atoms with Gasteiger partial charge in [0.15, 0.2) is 0 Å². The van der Waals surface area contributed by atoms with Crippen molar-refractivity contribution < 1.29 is 4.79 Å². The van der Waals surface area contributed by atoms with Crippen LogP contribution >= 0.6 is 38.9 Å². The van der Waals surface area contributed by atoms with Gasteiger partial charge in [-0.15, -0.1) is 11.3 Å². The number of hydrogen-bond donors (Lipinski definition) is 1. The highest BCUT2D eigenvalue weighted by molar-refractivity contribution is 9.10. The Labute approximate surface area is 130 Å². The van der Waals surface area contributed by atoms with E-state index in [4.69, 9.17) is 17.3 Å². The van der Waals surface area contributed by atoms with Crippen LogP contribution in [0.2, 0.25) is 4.34 Å². The second-order valence-corrected chi connectivity index (χ2v) is 7.84. The van der Waals surface area contributed by atoms with Crippen molar-refractivity contribution in [2.75, 3.05) is 0 Å². The standard InChI is InChI=1S/C13H16BrClN2OS/c14-8-6-10(19-13(8)15)12-9(16)2-1-3-11(18)17(12)7-4-5-7/h6-7,9,12H,1-5,16H2. The summed E-state index contributed by atoms with van der Waals surface area (Å²) in [4.78, 5) is 15.5. The lowest BCUT2D eigenvalue weighted by Gasteiger charge is -2.33. The highest BCUT2D eigenvalue weighted by atomic mass is 79.9. The fraction of sp³-hybridized carbons (Fsp3) is 0.615. The second kappa shape index (κ2) is 5.35. The van der Waals surface area contributed by atoms with E-state index in [9.17, 15) is 4.79 Å². The maximum absolute atomic E-state index is 12.3. The molecule has 0 radical (unpaired) electrons. The van der Waals surface area contributed by atoms with E-state index in [1.54, 1.807) is 0 Å². The van der Waals surface area contributed by atoms with Crippen molar-refractivity contribution in [2.45, 2.75) is 50.2 Å². The predicted molar refractivity (Wildman–Crippen MR) is 81.5 cm³/mol. The van der Waals surface area contributed by atoms with E-state index >= 15 is 0 Å². The van der Waals surface area contributed by atoms with Crippen LogP contribution in [0.5, 0.6) is 0 Å². The SMILES string of the molecule is NC1CCCC(=O)N(C2CC2)C1c1cc(Br)c(Cl)s1. The quantitative estimate of drug-likeness (QED) is 0.870. The van der Waals surface area contributed by atoms with Gasteiger partial charge in [-0.1, -0.05) is 11.6 Å². The Morgan fingerprint density at radius 2 is 2.16 bits per heavy atom. The lowest BCUT2D eigenvalue weighted by atomic mass is 10.0. The van der Waals surface area contributed by atoms with Crippen molar-refractivity contribution >= 4 is 44.8 Å². The predicted octanol–water partition coefficient (Wildman–Crippen LogP) is 3.71. The third-order valence-electron chi connectivity index (χ3n) is 3.82. The Balaban J connectivity index is 1.98. The van der Waals surface area contributed by atoms with Crippen LogP contribution in [-0.2, 0) is 4.79 Å². The molecule has 2 unspecified atom stereocenters. The Hall–Kier alpha value is -0.100. The number of nitrogens with zero attached hydrogens (tertiary/aromatic N) is 1. The van der Waals surface area contributed by atoms with Crippen LogP contribution in [0.25, 0.3) is 0 Å². The number of carbonyl (C=O) groups excluding carboxylic acids is 1. The summed E-state index contributed by atoms with van der Waals surface area (Å²) in [6, 6.07) is 2.41. The highest BCUT2D eigenvalue weighted by Gasteiger charge is 2.42. The van der Waals surface area contributed by atoms with Crippen LogP contribution in [0.15, 0.2) is 10.5 Å². The zero-order valence-corrected chi connectivity index (χ0v) is 13.6. The monoisotopic (exact) mass is 362 g/mol. The molecule has 1 amide bonds. The zero-order valence-electron chi connectivity index (χ0n) is 10.4. The van der Waals surface area contributed by atoms with Crippen molar-refractivity contribution in [1.82, 2.24) is 4.90 Å². The third-order valence-corrected chi connectivity index (χ3v) is 6.36. The van der Waals surface area contributed by atoms with Crippen LogP contribution in [0, 0.1) is 0 Å². The van der Waals surface area contributed by atoms with Crippen LogP contribution in [0.4, 0.5) is 0 Å². The molecule has 1 aliphatic carbocycles. The van der Waals surface area contributed by atoms with Crippen molar-refractivity contribution in [3.63, 3.8) is 0 Å². The first-order valence-corrected chi connectivity index (χ1v) is 8.58.